The number of para-hydroxylation sites is 1. The van der Waals surface area contributed by atoms with Gasteiger partial charge in [-0.3, -0.25) is 4.98 Å². The van der Waals surface area contributed by atoms with Crippen LogP contribution in [0.4, 0.5) is 0 Å². The second-order valence-electron chi connectivity index (χ2n) is 5.36. The lowest BCUT2D eigenvalue weighted by Crippen LogP contribution is -2.10. The Labute approximate surface area is 140 Å². The zero-order chi connectivity index (χ0) is 17.2. The summed E-state index contributed by atoms with van der Waals surface area (Å²) in [5, 5.41) is 9.40. The van der Waals surface area contributed by atoms with E-state index in [2.05, 4.69) is 4.98 Å². The van der Waals surface area contributed by atoms with Crippen LogP contribution in [0.15, 0.2) is 59.6 Å². The summed E-state index contributed by atoms with van der Waals surface area (Å²) in [5.74, 6) is 0.195. The van der Waals surface area contributed by atoms with Gasteiger partial charge in [-0.25, -0.2) is 0 Å². The molecule has 0 aliphatic rings. The summed E-state index contributed by atoms with van der Waals surface area (Å²) in [6.45, 7) is 1.90. The van der Waals surface area contributed by atoms with Crippen molar-refractivity contribution < 1.29 is 12.6 Å². The van der Waals surface area contributed by atoms with Gasteiger partial charge in [-0.1, -0.05) is 24.3 Å². The Kier molecular flexibility index (Phi) is 4.19. The van der Waals surface area contributed by atoms with Gasteiger partial charge in [0.1, 0.15) is 10.6 Å². The van der Waals surface area contributed by atoms with Gasteiger partial charge in [0.25, 0.3) is 0 Å². The average Bonchev–Trinajstić information content (AvgIpc) is 2.56. The Morgan fingerprint density at radius 3 is 2.62 bits per heavy atom. The standard InChI is InChI=1S/C18H14N2O3S/c1-13-11-15-3-2-4-17(18(15)20-12-13)24(21,22)23-16-7-5-14(6-8-16)9-10-19/h2-8,11-12H,9H2,1H3. The van der Waals surface area contributed by atoms with Crippen LogP contribution in [0.2, 0.25) is 0 Å². The van der Waals surface area contributed by atoms with Crippen molar-refractivity contribution >= 4 is 21.0 Å². The monoisotopic (exact) mass is 338 g/mol. The molecule has 3 rings (SSSR count). The number of rotatable bonds is 4. The van der Waals surface area contributed by atoms with Crippen molar-refractivity contribution in [1.82, 2.24) is 4.98 Å². The van der Waals surface area contributed by atoms with Crippen LogP contribution in [0.3, 0.4) is 0 Å². The zero-order valence-electron chi connectivity index (χ0n) is 12.9. The van der Waals surface area contributed by atoms with Crippen LogP contribution < -0.4 is 4.18 Å². The maximum atomic E-state index is 12.6. The van der Waals surface area contributed by atoms with Crippen molar-refractivity contribution in [2.75, 3.05) is 0 Å². The molecule has 0 unspecified atom stereocenters. The molecule has 0 saturated carbocycles. The molecule has 0 fully saturated rings. The number of aromatic nitrogens is 1. The lowest BCUT2D eigenvalue weighted by Gasteiger charge is -2.09. The molecular formula is C18H14N2O3S. The average molecular weight is 338 g/mol. The molecule has 0 aliphatic carbocycles. The number of nitrogens with zero attached hydrogens (tertiary/aromatic N) is 2. The molecule has 0 aliphatic heterocycles. The normalized spacial score (nSPS) is 11.2. The molecule has 0 saturated heterocycles. The van der Waals surface area contributed by atoms with Crippen LogP contribution >= 0.6 is 0 Å². The van der Waals surface area contributed by atoms with Crippen molar-refractivity contribution in [2.45, 2.75) is 18.2 Å². The fraction of sp³-hybridized carbons (Fsp3) is 0.111. The van der Waals surface area contributed by atoms with E-state index in [4.69, 9.17) is 9.44 Å². The first-order valence-electron chi connectivity index (χ1n) is 7.25. The van der Waals surface area contributed by atoms with Crippen LogP contribution in [0.5, 0.6) is 5.75 Å². The summed E-state index contributed by atoms with van der Waals surface area (Å²) in [4.78, 5) is 4.26. The molecular weight excluding hydrogens is 324 g/mol. The van der Waals surface area contributed by atoms with Gasteiger partial charge in [0.05, 0.1) is 18.0 Å². The van der Waals surface area contributed by atoms with E-state index < -0.39 is 10.1 Å². The molecule has 0 bridgehead atoms. The minimum Gasteiger partial charge on any atom is -0.379 e. The van der Waals surface area contributed by atoms with Gasteiger partial charge in [0.2, 0.25) is 0 Å². The summed E-state index contributed by atoms with van der Waals surface area (Å²) in [6, 6.07) is 15.3. The highest BCUT2D eigenvalue weighted by Crippen LogP contribution is 2.25. The van der Waals surface area contributed by atoms with Crippen molar-refractivity contribution in [3.05, 3.63) is 65.9 Å². The van der Waals surface area contributed by atoms with E-state index in [0.717, 1.165) is 16.5 Å². The van der Waals surface area contributed by atoms with Crippen molar-refractivity contribution in [3.63, 3.8) is 0 Å². The minimum absolute atomic E-state index is 0.0288. The van der Waals surface area contributed by atoms with Crippen LogP contribution in [0.1, 0.15) is 11.1 Å². The van der Waals surface area contributed by atoms with Gasteiger partial charge in [0.15, 0.2) is 0 Å². The molecule has 0 N–H and O–H groups in total. The van der Waals surface area contributed by atoms with Crippen LogP contribution in [0, 0.1) is 18.3 Å². The van der Waals surface area contributed by atoms with Crippen LogP contribution in [-0.4, -0.2) is 13.4 Å². The Morgan fingerprint density at radius 2 is 1.92 bits per heavy atom. The number of benzene rings is 2. The molecule has 0 spiro atoms. The van der Waals surface area contributed by atoms with Gasteiger partial charge in [0, 0.05) is 11.6 Å². The number of pyridine rings is 1. The fourth-order valence-corrected chi connectivity index (χ4v) is 3.48. The third-order valence-corrected chi connectivity index (χ3v) is 4.77. The topological polar surface area (TPSA) is 80.1 Å². The molecule has 1 aromatic heterocycles. The molecule has 24 heavy (non-hydrogen) atoms. The van der Waals surface area contributed by atoms with Gasteiger partial charge in [-0.15, -0.1) is 0 Å². The van der Waals surface area contributed by atoms with Gasteiger partial charge in [-0.05, 0) is 42.3 Å². The fourth-order valence-electron chi connectivity index (χ4n) is 2.37. The summed E-state index contributed by atoms with van der Waals surface area (Å²) in [5.41, 5.74) is 2.12. The molecule has 2 aromatic carbocycles. The van der Waals surface area contributed by atoms with E-state index >= 15 is 0 Å². The Hall–Kier alpha value is -2.91. The first-order chi connectivity index (χ1) is 11.5. The van der Waals surface area contributed by atoms with Gasteiger partial charge in [-0.2, -0.15) is 13.7 Å². The first-order valence-corrected chi connectivity index (χ1v) is 8.66. The van der Waals surface area contributed by atoms with Crippen molar-refractivity contribution in [3.8, 4) is 11.8 Å². The third-order valence-electron chi connectivity index (χ3n) is 3.49. The number of hydrogen-bond donors (Lipinski definition) is 0. The van der Waals surface area contributed by atoms with Crippen LogP contribution in [-0.2, 0) is 16.5 Å². The summed E-state index contributed by atoms with van der Waals surface area (Å²) >= 11 is 0. The molecule has 1 heterocycles. The van der Waals surface area contributed by atoms with Crippen molar-refractivity contribution in [2.24, 2.45) is 0 Å². The van der Waals surface area contributed by atoms with Crippen LogP contribution in [0.25, 0.3) is 10.9 Å². The number of aryl methyl sites for hydroxylation is 1. The van der Waals surface area contributed by atoms with E-state index in [1.807, 2.05) is 25.1 Å². The number of fused-ring (bicyclic) bond motifs is 1. The summed E-state index contributed by atoms with van der Waals surface area (Å²) < 4.78 is 30.4. The van der Waals surface area contributed by atoms with Gasteiger partial charge < -0.3 is 4.18 Å². The highest BCUT2D eigenvalue weighted by molar-refractivity contribution is 7.87. The molecule has 5 nitrogen and oxygen atoms in total. The lowest BCUT2D eigenvalue weighted by molar-refractivity contribution is 0.487. The largest absolute Gasteiger partial charge is 0.379 e. The predicted octanol–water partition coefficient (Wildman–Crippen LogP) is 3.38. The maximum Gasteiger partial charge on any atom is 0.341 e. The molecule has 0 radical (unpaired) electrons. The highest BCUT2D eigenvalue weighted by Gasteiger charge is 2.20. The Bertz CT molecular complexity index is 1040. The van der Waals surface area contributed by atoms with E-state index in [1.54, 1.807) is 24.4 Å². The summed E-state index contributed by atoms with van der Waals surface area (Å²) in [6.07, 6.45) is 1.89. The number of nitriles is 1. The SMILES string of the molecule is Cc1cnc2c(S(=O)(=O)Oc3ccc(CC#N)cc3)cccc2c1. The Morgan fingerprint density at radius 1 is 1.17 bits per heavy atom. The Balaban J connectivity index is 1.98. The smallest absolute Gasteiger partial charge is 0.341 e. The quantitative estimate of drug-likeness (QED) is 0.681. The van der Waals surface area contributed by atoms with E-state index in [1.165, 1.54) is 18.2 Å². The predicted molar refractivity (Wildman–Crippen MR) is 90.1 cm³/mol. The van der Waals surface area contributed by atoms with E-state index in [9.17, 15) is 8.42 Å². The molecule has 0 atom stereocenters. The first kappa shape index (κ1) is 16.0. The molecule has 3 aromatic rings. The highest BCUT2D eigenvalue weighted by atomic mass is 32.2. The molecule has 120 valence electrons. The second-order valence-corrected chi connectivity index (χ2v) is 6.87. The molecule has 6 heteroatoms. The van der Waals surface area contributed by atoms with E-state index in [0.29, 0.717) is 5.52 Å². The second kappa shape index (κ2) is 6.30. The van der Waals surface area contributed by atoms with E-state index in [-0.39, 0.29) is 17.1 Å². The number of hydrogen-bond acceptors (Lipinski definition) is 5. The van der Waals surface area contributed by atoms with Gasteiger partial charge >= 0.3 is 10.1 Å². The minimum atomic E-state index is -4.01. The maximum absolute atomic E-state index is 12.6. The third kappa shape index (κ3) is 3.21. The summed E-state index contributed by atoms with van der Waals surface area (Å²) in [7, 11) is -4.01. The zero-order valence-corrected chi connectivity index (χ0v) is 13.7. The lowest BCUT2D eigenvalue weighted by atomic mass is 10.2. The molecule has 0 amide bonds. The van der Waals surface area contributed by atoms with Crippen molar-refractivity contribution in [1.29, 1.82) is 5.26 Å².